The van der Waals surface area contributed by atoms with E-state index in [2.05, 4.69) is 42.8 Å². The van der Waals surface area contributed by atoms with E-state index in [-0.39, 0.29) is 11.7 Å². The predicted octanol–water partition coefficient (Wildman–Crippen LogP) is 7.32. The Bertz CT molecular complexity index is 1340. The molecule has 3 aromatic heterocycles. The van der Waals surface area contributed by atoms with Crippen molar-refractivity contribution in [2.45, 2.75) is 79.7 Å². The molecule has 3 heterocycles. The maximum Gasteiger partial charge on any atom is 0.329 e. The molecule has 196 valence electrons. The summed E-state index contributed by atoms with van der Waals surface area (Å²) >= 11 is 0. The van der Waals surface area contributed by atoms with E-state index < -0.39 is 0 Å². The summed E-state index contributed by atoms with van der Waals surface area (Å²) in [6.45, 7) is 16.5. The Morgan fingerprint density at radius 2 is 1.89 bits per heavy atom. The summed E-state index contributed by atoms with van der Waals surface area (Å²) in [5.41, 5.74) is 8.07. The van der Waals surface area contributed by atoms with Crippen LogP contribution in [0.3, 0.4) is 0 Å². The molecular weight excluding hydrogens is 448 g/mol. The zero-order valence-electron chi connectivity index (χ0n) is 23.4. The number of fused-ring (bicyclic) bond motifs is 3. The highest BCUT2D eigenvalue weighted by atomic mass is 16.2. The summed E-state index contributed by atoms with van der Waals surface area (Å²) in [5, 5.41) is 8.03. The Labute approximate surface area is 215 Å². The highest BCUT2D eigenvalue weighted by Gasteiger charge is 2.28. The summed E-state index contributed by atoms with van der Waals surface area (Å²) in [6, 6.07) is 0.241. The summed E-state index contributed by atoms with van der Waals surface area (Å²) < 4.78 is 3.80. The fraction of sp³-hybridized carbons (Fsp3) is 0.467. The Kier molecular flexibility index (Phi) is 10.7. The van der Waals surface area contributed by atoms with Crippen LogP contribution in [0.15, 0.2) is 47.4 Å². The van der Waals surface area contributed by atoms with Crippen LogP contribution in [0.4, 0.5) is 0 Å². The molecule has 1 aliphatic rings. The lowest BCUT2D eigenvalue weighted by molar-refractivity contribution is 0.399. The monoisotopic (exact) mass is 492 g/mol. The van der Waals surface area contributed by atoms with Crippen molar-refractivity contribution in [2.24, 2.45) is 7.05 Å². The predicted molar refractivity (Wildman–Crippen MR) is 155 cm³/mol. The van der Waals surface area contributed by atoms with E-state index in [9.17, 15) is 4.79 Å². The molecule has 0 atom stereocenters. The van der Waals surface area contributed by atoms with Crippen molar-refractivity contribution in [3.05, 3.63) is 64.4 Å². The number of pyridine rings is 1. The summed E-state index contributed by atoms with van der Waals surface area (Å²) in [5.74, 6) is 0. The highest BCUT2D eigenvalue weighted by molar-refractivity contribution is 6.11. The molecule has 0 radical (unpaired) electrons. The number of aryl methyl sites for hydroxylation is 1. The number of nitrogens with zero attached hydrogens (tertiary/aromatic N) is 3. The molecule has 0 saturated heterocycles. The van der Waals surface area contributed by atoms with Gasteiger partial charge in [-0.1, -0.05) is 64.5 Å². The Morgan fingerprint density at radius 1 is 1.25 bits per heavy atom. The molecule has 36 heavy (non-hydrogen) atoms. The number of aliphatic hydroxyl groups is 1. The van der Waals surface area contributed by atoms with Gasteiger partial charge in [-0.3, -0.25) is 9.13 Å². The third-order valence-electron chi connectivity index (χ3n) is 6.64. The number of nitrogens with one attached hydrogen (secondary N) is 1. The van der Waals surface area contributed by atoms with Crippen molar-refractivity contribution in [1.82, 2.24) is 19.1 Å². The Morgan fingerprint density at radius 3 is 2.42 bits per heavy atom. The number of aromatic nitrogens is 4. The molecule has 0 bridgehead atoms. The summed E-state index contributed by atoms with van der Waals surface area (Å²) in [4.78, 5) is 21.8. The SMILES string of the molecule is C=C(C)/C(=C\C)c1[nH]c2ncc3c(c2c1C(/C=C\C)=C/CC)n(C1CCCC1)c(=O)n3C.CC.CO. The number of allylic oxidation sites excluding steroid dienone is 7. The third kappa shape index (κ3) is 5.19. The van der Waals surface area contributed by atoms with E-state index in [1.807, 2.05) is 52.4 Å². The molecular formula is C30H44N4O2. The van der Waals surface area contributed by atoms with Gasteiger partial charge in [-0.2, -0.15) is 0 Å². The van der Waals surface area contributed by atoms with Crippen molar-refractivity contribution < 1.29 is 5.11 Å². The van der Waals surface area contributed by atoms with Crippen LogP contribution in [0.2, 0.25) is 0 Å². The zero-order chi connectivity index (χ0) is 27.0. The number of imidazole rings is 1. The highest BCUT2D eigenvalue weighted by Crippen LogP contribution is 2.40. The smallest absolute Gasteiger partial charge is 0.329 e. The van der Waals surface area contributed by atoms with Gasteiger partial charge in [-0.15, -0.1) is 0 Å². The molecule has 1 saturated carbocycles. The average molecular weight is 493 g/mol. The average Bonchev–Trinajstić information content (AvgIpc) is 3.60. The van der Waals surface area contributed by atoms with Crippen LogP contribution >= 0.6 is 0 Å². The maximum absolute atomic E-state index is 13.4. The largest absolute Gasteiger partial charge is 0.400 e. The van der Waals surface area contributed by atoms with Crippen molar-refractivity contribution in [1.29, 1.82) is 0 Å². The fourth-order valence-electron chi connectivity index (χ4n) is 5.23. The van der Waals surface area contributed by atoms with Gasteiger partial charge in [0.05, 0.1) is 28.3 Å². The first-order valence-electron chi connectivity index (χ1n) is 13.2. The van der Waals surface area contributed by atoms with Gasteiger partial charge in [-0.25, -0.2) is 9.78 Å². The fourth-order valence-corrected chi connectivity index (χ4v) is 5.23. The molecule has 6 heteroatoms. The molecule has 2 N–H and O–H groups in total. The van der Waals surface area contributed by atoms with E-state index in [0.717, 1.165) is 76.4 Å². The van der Waals surface area contributed by atoms with Crippen molar-refractivity contribution in [3.63, 3.8) is 0 Å². The first-order valence-corrected chi connectivity index (χ1v) is 13.2. The molecule has 0 amide bonds. The summed E-state index contributed by atoms with van der Waals surface area (Å²) in [7, 11) is 2.86. The minimum Gasteiger partial charge on any atom is -0.400 e. The van der Waals surface area contributed by atoms with E-state index in [1.54, 1.807) is 4.57 Å². The number of aromatic amines is 1. The number of rotatable bonds is 6. The molecule has 1 fully saturated rings. The number of hydrogen-bond acceptors (Lipinski definition) is 3. The van der Waals surface area contributed by atoms with Gasteiger partial charge < -0.3 is 10.1 Å². The van der Waals surface area contributed by atoms with E-state index in [4.69, 9.17) is 10.1 Å². The quantitative estimate of drug-likeness (QED) is 0.354. The van der Waals surface area contributed by atoms with Gasteiger partial charge in [0.2, 0.25) is 0 Å². The molecule has 0 spiro atoms. The van der Waals surface area contributed by atoms with E-state index in [0.29, 0.717) is 0 Å². The molecule has 4 rings (SSSR count). The molecule has 0 unspecified atom stereocenters. The number of hydrogen-bond donors (Lipinski definition) is 2. The van der Waals surface area contributed by atoms with Crippen LogP contribution in [0.1, 0.15) is 90.9 Å². The van der Waals surface area contributed by atoms with Crippen LogP contribution in [0, 0.1) is 0 Å². The van der Waals surface area contributed by atoms with Crippen LogP contribution in [-0.2, 0) is 7.05 Å². The standard InChI is InChI=1S/C27H34N4O.C2H6.CH4O/c1-7-12-18(13-8-2)22-23-25-21(30(6)27(32)31(25)19-14-10-11-15-19)16-28-26(23)29-24(22)20(9-3)17(4)5;2*1-2/h7,9,12-13,16,19H,4,8,10-11,14-15H2,1-3,5-6H3,(H,28,29);1-2H3;2H,1H3/b12-7-,18-13+,20-9+;;. The van der Waals surface area contributed by atoms with Gasteiger partial charge in [0.1, 0.15) is 5.65 Å². The molecule has 1 aliphatic carbocycles. The zero-order valence-corrected chi connectivity index (χ0v) is 23.4. The topological polar surface area (TPSA) is 75.8 Å². The number of H-pyrrole nitrogens is 1. The first kappa shape index (κ1) is 29.1. The van der Waals surface area contributed by atoms with Gasteiger partial charge in [0, 0.05) is 25.8 Å². The van der Waals surface area contributed by atoms with Crippen LogP contribution < -0.4 is 5.69 Å². The van der Waals surface area contributed by atoms with E-state index in [1.165, 1.54) is 12.8 Å². The second-order valence-corrected chi connectivity index (χ2v) is 8.79. The minimum absolute atomic E-state index is 0.0492. The molecule has 0 aliphatic heterocycles. The Hall–Kier alpha value is -3.12. The van der Waals surface area contributed by atoms with Crippen LogP contribution in [0.5, 0.6) is 0 Å². The van der Waals surface area contributed by atoms with Gasteiger partial charge in [-0.05, 0) is 56.8 Å². The Balaban J connectivity index is 0.00000109. The van der Waals surface area contributed by atoms with Crippen molar-refractivity contribution in [3.8, 4) is 0 Å². The van der Waals surface area contributed by atoms with Gasteiger partial charge in [0.15, 0.2) is 0 Å². The lowest BCUT2D eigenvalue weighted by Gasteiger charge is -2.14. The van der Waals surface area contributed by atoms with Crippen molar-refractivity contribution >= 4 is 33.2 Å². The minimum atomic E-state index is 0.0492. The van der Waals surface area contributed by atoms with Crippen molar-refractivity contribution in [2.75, 3.05) is 7.11 Å². The lowest BCUT2D eigenvalue weighted by atomic mass is 9.94. The molecule has 6 nitrogen and oxygen atoms in total. The second-order valence-electron chi connectivity index (χ2n) is 8.79. The first-order chi connectivity index (χ1) is 17.4. The van der Waals surface area contributed by atoms with E-state index >= 15 is 0 Å². The third-order valence-corrected chi connectivity index (χ3v) is 6.64. The number of aliphatic hydroxyl groups excluding tert-OH is 1. The van der Waals surface area contributed by atoms with Crippen LogP contribution in [-0.4, -0.2) is 31.3 Å². The normalized spacial score (nSPS) is 14.8. The summed E-state index contributed by atoms with van der Waals surface area (Å²) in [6.07, 6.45) is 15.8. The van der Waals surface area contributed by atoms with Crippen LogP contribution in [0.25, 0.3) is 33.2 Å². The maximum atomic E-state index is 13.4. The molecule has 3 aromatic rings. The van der Waals surface area contributed by atoms with Gasteiger partial charge in [0.25, 0.3) is 0 Å². The van der Waals surface area contributed by atoms with Gasteiger partial charge >= 0.3 is 5.69 Å². The second kappa shape index (κ2) is 13.3. The lowest BCUT2D eigenvalue weighted by Crippen LogP contribution is -2.24. The molecule has 0 aromatic carbocycles.